The first-order valence-corrected chi connectivity index (χ1v) is 7.67. The number of anilines is 1. The second kappa shape index (κ2) is 6.36. The number of carbonyl (C=O) groups is 1. The van der Waals surface area contributed by atoms with Crippen LogP contribution in [0.15, 0.2) is 42.0 Å². The second-order valence-corrected chi connectivity index (χ2v) is 5.65. The summed E-state index contributed by atoms with van der Waals surface area (Å²) in [5.41, 5.74) is 0.0899. The fourth-order valence-electron chi connectivity index (χ4n) is 2.02. The minimum Gasteiger partial charge on any atom is -0.497 e. The molecule has 1 aromatic carbocycles. The van der Waals surface area contributed by atoms with Gasteiger partial charge in [-0.3, -0.25) is 9.89 Å². The number of carbonyl (C=O) groups excluding carboxylic acids is 1. The van der Waals surface area contributed by atoms with Crippen LogP contribution in [-0.2, 0) is 10.7 Å². The summed E-state index contributed by atoms with van der Waals surface area (Å²) in [5.74, 6) is -4.73. The van der Waals surface area contributed by atoms with Crippen molar-refractivity contribution in [2.75, 3.05) is 12.4 Å². The summed E-state index contributed by atoms with van der Waals surface area (Å²) in [6.07, 6.45) is 2.83. The van der Waals surface area contributed by atoms with E-state index in [9.17, 15) is 13.6 Å². The lowest BCUT2D eigenvalue weighted by Crippen LogP contribution is -2.32. The van der Waals surface area contributed by atoms with Crippen molar-refractivity contribution in [3.63, 3.8) is 0 Å². The van der Waals surface area contributed by atoms with Crippen molar-refractivity contribution in [2.24, 2.45) is 0 Å². The molecule has 0 saturated heterocycles. The Kier molecular flexibility index (Phi) is 4.26. The largest absolute Gasteiger partial charge is 0.497 e. The van der Waals surface area contributed by atoms with Crippen LogP contribution in [-0.4, -0.2) is 28.2 Å². The molecule has 24 heavy (non-hydrogen) atoms. The highest BCUT2D eigenvalue weighted by Crippen LogP contribution is 2.33. The minimum atomic E-state index is -3.70. The molecule has 0 saturated carbocycles. The second-order valence-electron chi connectivity index (χ2n) is 4.75. The Morgan fingerprint density at radius 1 is 1.33 bits per heavy atom. The first kappa shape index (κ1) is 16.1. The van der Waals surface area contributed by atoms with Crippen molar-refractivity contribution in [1.29, 1.82) is 0 Å². The maximum atomic E-state index is 14.4. The molecule has 0 spiro atoms. The lowest BCUT2D eigenvalue weighted by atomic mass is 10.1. The molecule has 6 nitrogen and oxygen atoms in total. The summed E-state index contributed by atoms with van der Waals surface area (Å²) in [6.45, 7) is 0. The van der Waals surface area contributed by atoms with E-state index >= 15 is 0 Å². The molecule has 3 aromatic rings. The van der Waals surface area contributed by atoms with E-state index in [2.05, 4.69) is 20.5 Å². The summed E-state index contributed by atoms with van der Waals surface area (Å²) in [4.78, 5) is 16.1. The number of rotatable bonds is 5. The van der Waals surface area contributed by atoms with E-state index < -0.39 is 17.4 Å². The van der Waals surface area contributed by atoms with Gasteiger partial charge in [-0.25, -0.2) is 4.98 Å². The van der Waals surface area contributed by atoms with Gasteiger partial charge in [0.25, 0.3) is 5.91 Å². The number of amides is 1. The van der Waals surface area contributed by atoms with Crippen LogP contribution in [0.25, 0.3) is 10.7 Å². The molecule has 0 aliphatic heterocycles. The summed E-state index contributed by atoms with van der Waals surface area (Å²) in [7, 11) is 1.43. The number of aromatic amines is 1. The molecule has 0 aliphatic rings. The zero-order valence-corrected chi connectivity index (χ0v) is 13.2. The van der Waals surface area contributed by atoms with Crippen molar-refractivity contribution >= 4 is 22.9 Å². The monoisotopic (exact) mass is 350 g/mol. The summed E-state index contributed by atoms with van der Waals surface area (Å²) in [5, 5.41) is 10.9. The molecule has 0 atom stereocenters. The van der Waals surface area contributed by atoms with Gasteiger partial charge in [-0.1, -0.05) is 0 Å². The summed E-state index contributed by atoms with van der Waals surface area (Å²) in [6, 6.07) is 5.04. The molecule has 0 fully saturated rings. The van der Waals surface area contributed by atoms with Crippen molar-refractivity contribution in [2.45, 2.75) is 5.92 Å². The highest BCUT2D eigenvalue weighted by molar-refractivity contribution is 7.13. The Morgan fingerprint density at radius 3 is 2.71 bits per heavy atom. The van der Waals surface area contributed by atoms with Gasteiger partial charge in [-0.05, 0) is 24.3 Å². The maximum absolute atomic E-state index is 14.4. The third-order valence-corrected chi connectivity index (χ3v) is 4.06. The Morgan fingerprint density at radius 2 is 2.08 bits per heavy atom. The molecular weight excluding hydrogens is 338 g/mol. The molecule has 9 heteroatoms. The highest BCUT2D eigenvalue weighted by atomic mass is 32.1. The minimum absolute atomic E-state index is 0.142. The van der Waals surface area contributed by atoms with E-state index in [0.29, 0.717) is 16.5 Å². The Hall–Kier alpha value is -2.81. The zero-order valence-electron chi connectivity index (χ0n) is 12.4. The molecule has 0 bridgehead atoms. The fourth-order valence-corrected chi connectivity index (χ4v) is 2.67. The van der Waals surface area contributed by atoms with Crippen LogP contribution in [0.1, 0.15) is 5.56 Å². The van der Waals surface area contributed by atoms with E-state index in [0.717, 1.165) is 12.1 Å². The average molecular weight is 350 g/mol. The number of methoxy groups -OCH3 is 1. The maximum Gasteiger partial charge on any atom is 0.350 e. The number of alkyl halides is 2. The standard InChI is InChI=1S/C15H12F2N4O2S/c1-23-10-4-2-9(3-5-10)15(16,17)14(22)20-11-8-19-21-12(11)13-18-6-7-24-13/h2-8H,1H3,(H,19,21)(H,20,22). The normalized spacial score (nSPS) is 11.3. The van der Waals surface area contributed by atoms with Gasteiger partial charge in [0, 0.05) is 17.1 Å². The van der Waals surface area contributed by atoms with Gasteiger partial charge in [0.15, 0.2) is 0 Å². The Balaban J connectivity index is 1.82. The van der Waals surface area contributed by atoms with Gasteiger partial charge in [0.1, 0.15) is 16.5 Å². The third kappa shape index (κ3) is 2.98. The van der Waals surface area contributed by atoms with Crippen molar-refractivity contribution in [1.82, 2.24) is 15.2 Å². The topological polar surface area (TPSA) is 79.9 Å². The quantitative estimate of drug-likeness (QED) is 0.740. The SMILES string of the molecule is COc1ccc(C(F)(F)C(=O)Nc2cn[nH]c2-c2nccs2)cc1. The van der Waals surface area contributed by atoms with E-state index in [4.69, 9.17) is 4.74 Å². The average Bonchev–Trinajstić information content (AvgIpc) is 3.25. The predicted molar refractivity (Wildman–Crippen MR) is 85.2 cm³/mol. The van der Waals surface area contributed by atoms with Gasteiger partial charge in [-0.15, -0.1) is 11.3 Å². The summed E-state index contributed by atoms with van der Waals surface area (Å²) >= 11 is 1.29. The molecule has 0 unspecified atom stereocenters. The van der Waals surface area contributed by atoms with Crippen molar-refractivity contribution in [3.8, 4) is 16.5 Å². The van der Waals surface area contributed by atoms with E-state index in [-0.39, 0.29) is 5.69 Å². The summed E-state index contributed by atoms with van der Waals surface area (Å²) < 4.78 is 33.6. The Bertz CT molecular complexity index is 832. The van der Waals surface area contributed by atoms with Gasteiger partial charge < -0.3 is 10.1 Å². The molecule has 0 radical (unpaired) electrons. The number of nitrogens with one attached hydrogen (secondary N) is 2. The van der Waals surface area contributed by atoms with E-state index in [1.807, 2.05) is 0 Å². The van der Waals surface area contributed by atoms with Crippen molar-refractivity contribution in [3.05, 3.63) is 47.6 Å². The van der Waals surface area contributed by atoms with Crippen LogP contribution < -0.4 is 10.1 Å². The van der Waals surface area contributed by atoms with Gasteiger partial charge in [0.05, 0.1) is 19.0 Å². The fraction of sp³-hybridized carbons (Fsp3) is 0.133. The first-order valence-electron chi connectivity index (χ1n) is 6.79. The van der Waals surface area contributed by atoms with Gasteiger partial charge in [-0.2, -0.15) is 13.9 Å². The zero-order chi connectivity index (χ0) is 17.2. The molecule has 2 heterocycles. The molecule has 2 N–H and O–H groups in total. The number of H-pyrrole nitrogens is 1. The van der Waals surface area contributed by atoms with E-state index in [1.165, 1.54) is 36.8 Å². The lowest BCUT2D eigenvalue weighted by molar-refractivity contribution is -0.140. The van der Waals surface area contributed by atoms with Crippen LogP contribution >= 0.6 is 11.3 Å². The molecule has 1 amide bonds. The number of hydrogen-bond donors (Lipinski definition) is 2. The number of thiazole rings is 1. The number of hydrogen-bond acceptors (Lipinski definition) is 5. The molecular formula is C15H12F2N4O2S. The molecule has 2 aromatic heterocycles. The first-order chi connectivity index (χ1) is 11.5. The number of halogens is 2. The number of benzene rings is 1. The predicted octanol–water partition coefficient (Wildman–Crippen LogP) is 3.27. The molecule has 0 aliphatic carbocycles. The third-order valence-electron chi connectivity index (χ3n) is 3.27. The molecule has 3 rings (SSSR count). The van der Waals surface area contributed by atoms with Crippen LogP contribution in [0.4, 0.5) is 14.5 Å². The van der Waals surface area contributed by atoms with Crippen molar-refractivity contribution < 1.29 is 18.3 Å². The number of aromatic nitrogens is 3. The van der Waals surface area contributed by atoms with E-state index in [1.54, 1.807) is 11.6 Å². The number of ether oxygens (including phenoxy) is 1. The van der Waals surface area contributed by atoms with Crippen LogP contribution in [0.2, 0.25) is 0 Å². The van der Waals surface area contributed by atoms with Crippen LogP contribution in [0, 0.1) is 0 Å². The van der Waals surface area contributed by atoms with Gasteiger partial charge >= 0.3 is 5.92 Å². The lowest BCUT2D eigenvalue weighted by Gasteiger charge is -2.16. The van der Waals surface area contributed by atoms with Crippen LogP contribution in [0.5, 0.6) is 5.75 Å². The highest BCUT2D eigenvalue weighted by Gasteiger charge is 2.41. The molecule has 124 valence electrons. The smallest absolute Gasteiger partial charge is 0.350 e. The van der Waals surface area contributed by atoms with Crippen LogP contribution in [0.3, 0.4) is 0 Å². The number of nitrogens with zero attached hydrogens (tertiary/aromatic N) is 2. The van der Waals surface area contributed by atoms with Gasteiger partial charge in [0.2, 0.25) is 0 Å². The Labute approximate surface area is 139 Å².